The number of carbonyl (C=O) groups excluding carboxylic acids is 1. The fraction of sp³-hybridized carbons (Fsp3) is 0.364. The molecule has 0 saturated heterocycles. The fourth-order valence-corrected chi connectivity index (χ4v) is 1.77. The second-order valence-electron chi connectivity index (χ2n) is 3.93. The van der Waals surface area contributed by atoms with E-state index in [0.29, 0.717) is 6.29 Å². The Kier molecular flexibility index (Phi) is 4.47. The summed E-state index contributed by atoms with van der Waals surface area (Å²) in [6.07, 6.45) is 0.574. The van der Waals surface area contributed by atoms with Crippen molar-refractivity contribution >= 4 is 12.0 Å². The molecular formula is C11H12N2O5. The quantitative estimate of drug-likeness (QED) is 0.436. The van der Waals surface area contributed by atoms with Crippen LogP contribution in [0.2, 0.25) is 0 Å². The SMILES string of the molecule is C[C@@H](C=O)[C@H](C[N+](=O)[O-])c1ccccc1[N+](=O)[O-]. The average Bonchev–Trinajstić information content (AvgIpc) is 2.34. The zero-order valence-corrected chi connectivity index (χ0v) is 9.68. The number of para-hydroxylation sites is 1. The monoisotopic (exact) mass is 252 g/mol. The maximum Gasteiger partial charge on any atom is 0.273 e. The molecule has 0 aliphatic rings. The van der Waals surface area contributed by atoms with Crippen LogP contribution in [0.3, 0.4) is 0 Å². The molecule has 0 spiro atoms. The van der Waals surface area contributed by atoms with Gasteiger partial charge in [-0.1, -0.05) is 25.1 Å². The smallest absolute Gasteiger partial charge is 0.273 e. The van der Waals surface area contributed by atoms with Crippen molar-refractivity contribution in [2.45, 2.75) is 12.8 Å². The topological polar surface area (TPSA) is 103 Å². The molecule has 1 rings (SSSR count). The lowest BCUT2D eigenvalue weighted by atomic mass is 9.87. The first kappa shape index (κ1) is 13.8. The highest BCUT2D eigenvalue weighted by Crippen LogP contribution is 2.31. The summed E-state index contributed by atoms with van der Waals surface area (Å²) in [6, 6.07) is 5.77. The van der Waals surface area contributed by atoms with Gasteiger partial charge in [0.1, 0.15) is 6.29 Å². The summed E-state index contributed by atoms with van der Waals surface area (Å²) >= 11 is 0. The summed E-state index contributed by atoms with van der Waals surface area (Å²) in [5.74, 6) is -1.45. The van der Waals surface area contributed by atoms with Crippen LogP contribution in [-0.2, 0) is 4.79 Å². The first-order valence-electron chi connectivity index (χ1n) is 5.27. The lowest BCUT2D eigenvalue weighted by Gasteiger charge is -2.15. The van der Waals surface area contributed by atoms with Gasteiger partial charge in [0.2, 0.25) is 6.54 Å². The Bertz CT molecular complexity index is 474. The van der Waals surface area contributed by atoms with Gasteiger partial charge in [0.15, 0.2) is 0 Å². The van der Waals surface area contributed by atoms with Crippen LogP contribution in [0.1, 0.15) is 18.4 Å². The molecule has 7 nitrogen and oxygen atoms in total. The molecule has 2 atom stereocenters. The summed E-state index contributed by atoms with van der Waals surface area (Å²) in [5, 5.41) is 21.5. The lowest BCUT2D eigenvalue weighted by Crippen LogP contribution is -2.21. The lowest BCUT2D eigenvalue weighted by molar-refractivity contribution is -0.484. The van der Waals surface area contributed by atoms with Crippen LogP contribution in [0.4, 0.5) is 5.69 Å². The molecule has 0 unspecified atom stereocenters. The molecule has 96 valence electrons. The van der Waals surface area contributed by atoms with Gasteiger partial charge in [-0.05, 0) is 0 Å². The van der Waals surface area contributed by atoms with Crippen LogP contribution < -0.4 is 0 Å². The number of carbonyl (C=O) groups is 1. The van der Waals surface area contributed by atoms with Crippen LogP contribution in [0.15, 0.2) is 24.3 Å². The van der Waals surface area contributed by atoms with Gasteiger partial charge in [0, 0.05) is 22.5 Å². The first-order valence-corrected chi connectivity index (χ1v) is 5.27. The molecule has 0 amide bonds. The van der Waals surface area contributed by atoms with Gasteiger partial charge < -0.3 is 4.79 Å². The summed E-state index contributed by atoms with van der Waals surface area (Å²) in [6.45, 7) is 1.00. The molecular weight excluding hydrogens is 240 g/mol. The van der Waals surface area contributed by atoms with E-state index < -0.39 is 28.2 Å². The average molecular weight is 252 g/mol. The van der Waals surface area contributed by atoms with Crippen molar-refractivity contribution in [3.63, 3.8) is 0 Å². The number of benzene rings is 1. The van der Waals surface area contributed by atoms with Crippen molar-refractivity contribution in [2.24, 2.45) is 5.92 Å². The molecule has 18 heavy (non-hydrogen) atoms. The number of hydrogen-bond donors (Lipinski definition) is 0. The predicted molar refractivity (Wildman–Crippen MR) is 62.9 cm³/mol. The van der Waals surface area contributed by atoms with Crippen molar-refractivity contribution in [3.05, 3.63) is 50.1 Å². The number of nitrogens with zero attached hydrogens (tertiary/aromatic N) is 2. The standard InChI is InChI=1S/C11H12N2O5/c1-8(7-14)10(6-12(15)16)9-4-2-3-5-11(9)13(17)18/h2-5,7-8,10H,6H2,1H3/t8-,10-/m0/s1. The number of rotatable bonds is 6. The van der Waals surface area contributed by atoms with E-state index in [1.165, 1.54) is 25.1 Å². The van der Waals surface area contributed by atoms with Gasteiger partial charge in [-0.25, -0.2) is 0 Å². The molecule has 0 N–H and O–H groups in total. The van der Waals surface area contributed by atoms with Crippen LogP contribution in [0.5, 0.6) is 0 Å². The highest BCUT2D eigenvalue weighted by atomic mass is 16.6. The third-order valence-electron chi connectivity index (χ3n) is 2.73. The van der Waals surface area contributed by atoms with Gasteiger partial charge in [-0.3, -0.25) is 20.2 Å². The normalized spacial score (nSPS) is 13.6. The molecule has 0 saturated carbocycles. The van der Waals surface area contributed by atoms with Crippen LogP contribution in [0.25, 0.3) is 0 Å². The zero-order chi connectivity index (χ0) is 13.7. The molecule has 0 heterocycles. The number of aldehydes is 1. The maximum atomic E-state index is 10.9. The molecule has 0 bridgehead atoms. The Balaban J connectivity index is 3.23. The Morgan fingerprint density at radius 3 is 2.39 bits per heavy atom. The minimum atomic E-state index is -0.793. The molecule has 0 aromatic heterocycles. The van der Waals surface area contributed by atoms with Gasteiger partial charge in [-0.15, -0.1) is 0 Å². The summed E-state index contributed by atoms with van der Waals surface area (Å²) < 4.78 is 0. The molecule has 0 fully saturated rings. The highest BCUT2D eigenvalue weighted by molar-refractivity contribution is 5.57. The fourth-order valence-electron chi connectivity index (χ4n) is 1.77. The summed E-state index contributed by atoms with van der Waals surface area (Å²) in [5.41, 5.74) is 0.0249. The van der Waals surface area contributed by atoms with Crippen LogP contribution in [-0.4, -0.2) is 22.7 Å². The molecule has 7 heteroatoms. The number of nitro groups is 2. The second-order valence-corrected chi connectivity index (χ2v) is 3.93. The Labute approximate surface area is 103 Å². The van der Waals surface area contributed by atoms with Gasteiger partial charge in [0.05, 0.1) is 10.8 Å². The van der Waals surface area contributed by atoms with Crippen LogP contribution >= 0.6 is 0 Å². The van der Waals surface area contributed by atoms with Gasteiger partial charge >= 0.3 is 0 Å². The van der Waals surface area contributed by atoms with E-state index in [2.05, 4.69) is 0 Å². The van der Waals surface area contributed by atoms with E-state index in [0.717, 1.165) is 0 Å². The van der Waals surface area contributed by atoms with E-state index in [1.54, 1.807) is 6.07 Å². The Morgan fingerprint density at radius 1 is 1.28 bits per heavy atom. The molecule has 0 aliphatic carbocycles. The van der Waals surface area contributed by atoms with Crippen LogP contribution in [0, 0.1) is 26.1 Å². The minimum Gasteiger partial charge on any atom is -0.303 e. The third-order valence-corrected chi connectivity index (χ3v) is 2.73. The minimum absolute atomic E-state index is 0.196. The summed E-state index contributed by atoms with van der Waals surface area (Å²) in [4.78, 5) is 31.1. The van der Waals surface area contributed by atoms with E-state index in [1.807, 2.05) is 0 Å². The highest BCUT2D eigenvalue weighted by Gasteiger charge is 2.30. The van der Waals surface area contributed by atoms with Crippen molar-refractivity contribution in [2.75, 3.05) is 6.54 Å². The predicted octanol–water partition coefficient (Wildman–Crippen LogP) is 1.79. The van der Waals surface area contributed by atoms with E-state index in [-0.39, 0.29) is 11.3 Å². The van der Waals surface area contributed by atoms with Crippen molar-refractivity contribution in [3.8, 4) is 0 Å². The van der Waals surface area contributed by atoms with Gasteiger partial charge in [-0.2, -0.15) is 0 Å². The van der Waals surface area contributed by atoms with E-state index in [9.17, 15) is 25.0 Å². The second kappa shape index (κ2) is 5.85. The third kappa shape index (κ3) is 3.09. The largest absolute Gasteiger partial charge is 0.303 e. The molecule has 1 aromatic carbocycles. The molecule has 0 aliphatic heterocycles. The number of hydrogen-bond acceptors (Lipinski definition) is 5. The number of nitro benzene ring substituents is 1. The van der Waals surface area contributed by atoms with Crippen molar-refractivity contribution in [1.82, 2.24) is 0 Å². The molecule has 0 radical (unpaired) electrons. The maximum absolute atomic E-state index is 10.9. The van der Waals surface area contributed by atoms with Crippen molar-refractivity contribution in [1.29, 1.82) is 0 Å². The van der Waals surface area contributed by atoms with Gasteiger partial charge in [0.25, 0.3) is 5.69 Å². The first-order chi connectivity index (χ1) is 8.47. The summed E-state index contributed by atoms with van der Waals surface area (Å²) in [7, 11) is 0. The zero-order valence-electron chi connectivity index (χ0n) is 9.68. The Morgan fingerprint density at radius 2 is 1.89 bits per heavy atom. The van der Waals surface area contributed by atoms with Crippen molar-refractivity contribution < 1.29 is 14.6 Å². The van der Waals surface area contributed by atoms with E-state index >= 15 is 0 Å². The van der Waals surface area contributed by atoms with E-state index in [4.69, 9.17) is 0 Å². The Hall–Kier alpha value is -2.31. The molecule has 1 aromatic rings.